The van der Waals surface area contributed by atoms with Crippen LogP contribution in [0.25, 0.3) is 0 Å². The minimum absolute atomic E-state index is 0.0347. The van der Waals surface area contributed by atoms with Crippen molar-refractivity contribution < 1.29 is 27.5 Å². The number of hydrogen-bond donors (Lipinski definition) is 1. The van der Waals surface area contributed by atoms with E-state index in [0.29, 0.717) is 19.3 Å². The maximum absolute atomic E-state index is 12.2. The number of Topliss-reactive ketones (excluding diaryl/α,β-unsaturated/α-hetero) is 1. The van der Waals surface area contributed by atoms with Crippen molar-refractivity contribution in [3.63, 3.8) is 0 Å². The van der Waals surface area contributed by atoms with E-state index in [2.05, 4.69) is 5.32 Å². The van der Waals surface area contributed by atoms with E-state index in [1.807, 2.05) is 0 Å². The molecule has 0 unspecified atom stereocenters. The van der Waals surface area contributed by atoms with E-state index in [1.165, 1.54) is 0 Å². The fraction of sp³-hybridized carbons (Fsp3) is 0.812. The predicted molar refractivity (Wildman–Crippen MR) is 84.7 cm³/mol. The topological polar surface area (TPSA) is 107 Å². The quantitative estimate of drug-likeness (QED) is 0.722. The highest BCUT2D eigenvalue weighted by atomic mass is 32.2. The lowest BCUT2D eigenvalue weighted by molar-refractivity contribution is -0.156. The third-order valence-corrected chi connectivity index (χ3v) is 7.09. The fourth-order valence-electron chi connectivity index (χ4n) is 4.10. The molecule has 2 bridgehead atoms. The third kappa shape index (κ3) is 3.96. The molecule has 0 aromatic heterocycles. The number of carbonyl (C=O) groups excluding carboxylic acids is 3. The molecule has 7 nitrogen and oxygen atoms in total. The molecule has 2 saturated carbocycles. The zero-order valence-electron chi connectivity index (χ0n) is 13.5. The zero-order valence-corrected chi connectivity index (χ0v) is 14.3. The summed E-state index contributed by atoms with van der Waals surface area (Å²) in [6.07, 6.45) is 4.17. The molecule has 1 amide bonds. The number of esters is 1. The highest BCUT2D eigenvalue weighted by Crippen LogP contribution is 2.40. The van der Waals surface area contributed by atoms with E-state index in [4.69, 9.17) is 4.74 Å². The van der Waals surface area contributed by atoms with Crippen LogP contribution < -0.4 is 5.32 Å². The van der Waals surface area contributed by atoms with E-state index in [9.17, 15) is 22.8 Å². The summed E-state index contributed by atoms with van der Waals surface area (Å²) in [5.74, 6) is -0.966. The molecule has 3 fully saturated rings. The Bertz CT molecular complexity index is 627. The lowest BCUT2D eigenvalue weighted by atomic mass is 9.67. The molecule has 3 atom stereocenters. The number of rotatable bonds is 4. The van der Waals surface area contributed by atoms with Crippen LogP contribution in [0.1, 0.15) is 38.5 Å². The molecule has 1 saturated heterocycles. The van der Waals surface area contributed by atoms with Crippen molar-refractivity contribution in [1.29, 1.82) is 0 Å². The molecular formula is C16H23NO6S. The van der Waals surface area contributed by atoms with Crippen LogP contribution in [0.4, 0.5) is 0 Å². The van der Waals surface area contributed by atoms with Crippen molar-refractivity contribution in [1.82, 2.24) is 5.32 Å². The van der Waals surface area contributed by atoms with E-state index in [1.54, 1.807) is 0 Å². The summed E-state index contributed by atoms with van der Waals surface area (Å²) in [4.78, 5) is 36.0. The molecule has 24 heavy (non-hydrogen) atoms. The molecule has 134 valence electrons. The summed E-state index contributed by atoms with van der Waals surface area (Å²) < 4.78 is 27.8. The monoisotopic (exact) mass is 357 g/mol. The Morgan fingerprint density at radius 3 is 2.38 bits per heavy atom. The second-order valence-electron chi connectivity index (χ2n) is 7.17. The number of carbonyl (C=O) groups is 3. The summed E-state index contributed by atoms with van der Waals surface area (Å²) in [5, 5.41) is 2.59. The number of sulfone groups is 1. The first-order valence-electron chi connectivity index (χ1n) is 8.54. The Hall–Kier alpha value is -1.44. The second kappa shape index (κ2) is 6.82. The molecular weight excluding hydrogens is 334 g/mol. The van der Waals surface area contributed by atoms with E-state index < -0.39 is 34.4 Å². The van der Waals surface area contributed by atoms with Crippen LogP contribution in [-0.4, -0.2) is 50.2 Å². The summed E-state index contributed by atoms with van der Waals surface area (Å²) >= 11 is 0. The highest BCUT2D eigenvalue weighted by molar-refractivity contribution is 7.91. The number of hydrogen-bond acceptors (Lipinski definition) is 6. The third-order valence-electron chi connectivity index (χ3n) is 5.32. The Morgan fingerprint density at radius 2 is 1.79 bits per heavy atom. The van der Waals surface area contributed by atoms with Crippen molar-refractivity contribution in [2.24, 2.45) is 17.8 Å². The smallest absolute Gasteiger partial charge is 0.309 e. The molecule has 0 radical (unpaired) electrons. The van der Waals surface area contributed by atoms with Crippen molar-refractivity contribution in [2.45, 2.75) is 44.6 Å². The van der Waals surface area contributed by atoms with Crippen LogP contribution in [0.2, 0.25) is 0 Å². The van der Waals surface area contributed by atoms with Crippen LogP contribution in [0.15, 0.2) is 0 Å². The minimum Gasteiger partial charge on any atom is -0.455 e. The van der Waals surface area contributed by atoms with Crippen LogP contribution in [0, 0.1) is 17.8 Å². The maximum atomic E-state index is 12.2. The molecule has 8 heteroatoms. The van der Waals surface area contributed by atoms with Crippen LogP contribution in [0.5, 0.6) is 0 Å². The van der Waals surface area contributed by atoms with Gasteiger partial charge in [0.1, 0.15) is 5.78 Å². The molecule has 3 aliphatic rings. The van der Waals surface area contributed by atoms with Crippen LogP contribution in [-0.2, 0) is 29.0 Å². The average Bonchev–Trinajstić information content (AvgIpc) is 2.83. The van der Waals surface area contributed by atoms with E-state index >= 15 is 0 Å². The first-order chi connectivity index (χ1) is 11.3. The van der Waals surface area contributed by atoms with Crippen molar-refractivity contribution >= 4 is 27.5 Å². The fourth-order valence-corrected chi connectivity index (χ4v) is 5.78. The summed E-state index contributed by atoms with van der Waals surface area (Å²) in [6.45, 7) is -0.394. The molecule has 3 rings (SSSR count). The Morgan fingerprint density at radius 1 is 1.12 bits per heavy atom. The average molecular weight is 357 g/mol. The molecule has 0 aromatic carbocycles. The first-order valence-corrected chi connectivity index (χ1v) is 10.4. The SMILES string of the molecule is O=C(COC(=O)C1C[C@@H]2CCC[C@@H](C1)C2=O)N[C@@H]1CCS(=O)(=O)C1. The lowest BCUT2D eigenvalue weighted by Gasteiger charge is -2.36. The Balaban J connectivity index is 1.44. The lowest BCUT2D eigenvalue weighted by Crippen LogP contribution is -2.41. The van der Waals surface area contributed by atoms with Gasteiger partial charge in [0.15, 0.2) is 16.4 Å². The van der Waals surface area contributed by atoms with Gasteiger partial charge in [-0.1, -0.05) is 6.42 Å². The number of nitrogens with one attached hydrogen (secondary N) is 1. The van der Waals surface area contributed by atoms with Gasteiger partial charge in [-0.25, -0.2) is 8.42 Å². The second-order valence-corrected chi connectivity index (χ2v) is 9.40. The standard InChI is InChI=1S/C16H23NO6S/c18-14(17-13-4-5-24(21,22)9-13)8-23-16(20)12-6-10-2-1-3-11(7-12)15(10)19/h10-13H,1-9H2,(H,17,18)/t10-,11-,13+/m0/s1. The van der Waals surface area contributed by atoms with E-state index in [0.717, 1.165) is 19.3 Å². The number of amides is 1. The van der Waals surface area contributed by atoms with Crippen molar-refractivity contribution in [3.05, 3.63) is 0 Å². The van der Waals surface area contributed by atoms with Gasteiger partial charge < -0.3 is 10.1 Å². The van der Waals surface area contributed by atoms with Crippen molar-refractivity contribution in [3.8, 4) is 0 Å². The summed E-state index contributed by atoms with van der Waals surface area (Å²) in [6, 6.07) is -0.395. The number of ether oxygens (including phenoxy) is 1. The molecule has 2 aliphatic carbocycles. The van der Waals surface area contributed by atoms with E-state index in [-0.39, 0.29) is 35.0 Å². The molecule has 1 heterocycles. The Labute approximate surface area is 141 Å². The Kier molecular flexibility index (Phi) is 4.94. The van der Waals surface area contributed by atoms with Crippen LogP contribution >= 0.6 is 0 Å². The van der Waals surface area contributed by atoms with Crippen LogP contribution in [0.3, 0.4) is 0 Å². The van der Waals surface area contributed by atoms with Gasteiger partial charge in [0.25, 0.3) is 5.91 Å². The van der Waals surface area contributed by atoms with Gasteiger partial charge in [-0.05, 0) is 32.1 Å². The largest absolute Gasteiger partial charge is 0.455 e. The van der Waals surface area contributed by atoms with Gasteiger partial charge in [-0.3, -0.25) is 14.4 Å². The van der Waals surface area contributed by atoms with Gasteiger partial charge in [0, 0.05) is 17.9 Å². The van der Waals surface area contributed by atoms with Gasteiger partial charge in [-0.15, -0.1) is 0 Å². The van der Waals surface area contributed by atoms with Gasteiger partial charge in [-0.2, -0.15) is 0 Å². The minimum atomic E-state index is -3.06. The van der Waals surface area contributed by atoms with Gasteiger partial charge in [0.05, 0.1) is 17.4 Å². The zero-order chi connectivity index (χ0) is 17.3. The van der Waals surface area contributed by atoms with Gasteiger partial charge in [0.2, 0.25) is 0 Å². The normalized spacial score (nSPS) is 34.6. The molecule has 0 aromatic rings. The van der Waals surface area contributed by atoms with Gasteiger partial charge >= 0.3 is 5.97 Å². The number of ketones is 1. The maximum Gasteiger partial charge on any atom is 0.309 e. The highest BCUT2D eigenvalue weighted by Gasteiger charge is 2.42. The summed E-state index contributed by atoms with van der Waals surface area (Å²) in [5.41, 5.74) is 0. The molecule has 1 aliphatic heterocycles. The molecule has 0 spiro atoms. The van der Waals surface area contributed by atoms with Crippen molar-refractivity contribution in [2.75, 3.05) is 18.1 Å². The predicted octanol–water partition coefficient (Wildman–Crippen LogP) is 0.228. The summed E-state index contributed by atoms with van der Waals surface area (Å²) in [7, 11) is -3.06. The molecule has 1 N–H and O–H groups in total. The first kappa shape index (κ1) is 17.4. The number of fused-ring (bicyclic) bond motifs is 2.